The number of anilines is 5. The molecule has 0 saturated carbocycles. The molecule has 0 aliphatic carbocycles. The molecule has 0 bridgehead atoms. The monoisotopic (exact) mass is 546 g/mol. The Morgan fingerprint density at radius 2 is 1.86 bits per heavy atom. The molecule has 1 aromatic heterocycles. The maximum absolute atomic E-state index is 12.8. The molecule has 3 aromatic rings. The lowest BCUT2D eigenvalue weighted by molar-refractivity contribution is 0.122. The third kappa shape index (κ3) is 6.42. The Labute approximate surface area is 222 Å². The largest absolute Gasteiger partial charge is 0.491 e. The fraction of sp³-hybridized carbons (Fsp3) is 0.360. The summed E-state index contributed by atoms with van der Waals surface area (Å²) in [5, 5.41) is 6.51. The molecule has 2 heterocycles. The fourth-order valence-electron chi connectivity index (χ4n) is 3.72. The van der Waals surface area contributed by atoms with Gasteiger partial charge in [0.1, 0.15) is 15.7 Å². The van der Waals surface area contributed by atoms with E-state index in [4.69, 9.17) is 21.1 Å². The number of ether oxygens (including phenoxy) is 2. The molecular weight excluding hydrogens is 516 g/mol. The summed E-state index contributed by atoms with van der Waals surface area (Å²) in [5.41, 5.74) is 2.11. The van der Waals surface area contributed by atoms with Gasteiger partial charge in [0.2, 0.25) is 16.0 Å². The summed E-state index contributed by atoms with van der Waals surface area (Å²) < 4.78 is 38.2. The molecule has 37 heavy (non-hydrogen) atoms. The molecule has 2 aromatic carbocycles. The van der Waals surface area contributed by atoms with Crippen LogP contribution in [-0.4, -0.2) is 69.7 Å². The Kier molecular flexibility index (Phi) is 8.70. The second kappa shape index (κ2) is 12.0. The van der Waals surface area contributed by atoms with Crippen molar-refractivity contribution in [2.24, 2.45) is 0 Å². The number of nitrogens with one attached hydrogen (secondary N) is 2. The molecule has 1 aliphatic rings. The van der Waals surface area contributed by atoms with Crippen LogP contribution in [0.1, 0.15) is 13.3 Å². The quantitative estimate of drug-likeness (QED) is 0.380. The van der Waals surface area contributed by atoms with E-state index in [0.29, 0.717) is 36.9 Å². The molecule has 2 N–H and O–H groups in total. The highest BCUT2D eigenvalue weighted by Crippen LogP contribution is 2.34. The number of para-hydroxylation sites is 1. The van der Waals surface area contributed by atoms with E-state index in [1.807, 2.05) is 25.1 Å². The minimum atomic E-state index is -3.69. The molecule has 0 radical (unpaired) electrons. The van der Waals surface area contributed by atoms with Crippen LogP contribution in [0.5, 0.6) is 5.75 Å². The second-order valence-corrected chi connectivity index (χ2v) is 11.1. The van der Waals surface area contributed by atoms with Crippen molar-refractivity contribution in [3.8, 4) is 5.75 Å². The van der Waals surface area contributed by atoms with Gasteiger partial charge in [-0.15, -0.1) is 0 Å². The second-order valence-electron chi connectivity index (χ2n) is 8.55. The van der Waals surface area contributed by atoms with Crippen molar-refractivity contribution in [2.45, 2.75) is 18.2 Å². The van der Waals surface area contributed by atoms with E-state index >= 15 is 0 Å². The SMILES string of the molecule is CCCOc1cc(N2CCOCC2)ccc1Nc1ncc(Cl)c(Nc2ccccc2S(=O)(=O)N(C)C)n1. The van der Waals surface area contributed by atoms with Gasteiger partial charge < -0.3 is 25.0 Å². The van der Waals surface area contributed by atoms with Gasteiger partial charge in [-0.3, -0.25) is 0 Å². The Morgan fingerprint density at radius 3 is 2.59 bits per heavy atom. The topological polar surface area (TPSA) is 109 Å². The van der Waals surface area contributed by atoms with E-state index in [1.54, 1.807) is 18.2 Å². The maximum atomic E-state index is 12.8. The van der Waals surface area contributed by atoms with Crippen LogP contribution in [0.3, 0.4) is 0 Å². The first-order chi connectivity index (χ1) is 17.8. The van der Waals surface area contributed by atoms with Crippen molar-refractivity contribution in [3.63, 3.8) is 0 Å². The van der Waals surface area contributed by atoms with Crippen molar-refractivity contribution >= 4 is 50.5 Å². The number of morpholine rings is 1. The summed E-state index contributed by atoms with van der Waals surface area (Å²) in [5.74, 6) is 1.23. The standard InChI is InChI=1S/C25H31ClN6O4S/c1-4-13-36-22-16-18(32-11-14-35-15-12-32)9-10-20(22)29-25-27-17-19(26)24(30-25)28-21-7-5-6-8-23(21)37(33,34)31(2)3/h5-10,16-17H,4,11-15H2,1-3H3,(H2,27,28,29,30). The first kappa shape index (κ1) is 26.9. The van der Waals surface area contributed by atoms with Gasteiger partial charge in [-0.2, -0.15) is 4.98 Å². The fourth-order valence-corrected chi connectivity index (χ4v) is 4.90. The molecule has 12 heteroatoms. The van der Waals surface area contributed by atoms with Crippen molar-refractivity contribution in [3.05, 3.63) is 53.7 Å². The van der Waals surface area contributed by atoms with Gasteiger partial charge in [0.15, 0.2) is 5.82 Å². The number of hydrogen-bond donors (Lipinski definition) is 2. The lowest BCUT2D eigenvalue weighted by Gasteiger charge is -2.29. The lowest BCUT2D eigenvalue weighted by Crippen LogP contribution is -2.36. The third-order valence-electron chi connectivity index (χ3n) is 5.69. The molecule has 0 unspecified atom stereocenters. The Balaban J connectivity index is 1.61. The number of benzene rings is 2. The molecular formula is C25H31ClN6O4S. The molecule has 0 spiro atoms. The van der Waals surface area contributed by atoms with E-state index < -0.39 is 10.0 Å². The van der Waals surface area contributed by atoms with Crippen LogP contribution in [0, 0.1) is 0 Å². The average molecular weight is 547 g/mol. The highest BCUT2D eigenvalue weighted by molar-refractivity contribution is 7.89. The lowest BCUT2D eigenvalue weighted by atomic mass is 10.2. The van der Waals surface area contributed by atoms with E-state index in [9.17, 15) is 8.42 Å². The summed E-state index contributed by atoms with van der Waals surface area (Å²) in [6.07, 6.45) is 2.32. The normalized spacial score (nSPS) is 14.0. The third-order valence-corrected chi connectivity index (χ3v) is 7.84. The number of hydrogen-bond acceptors (Lipinski definition) is 9. The smallest absolute Gasteiger partial charge is 0.244 e. The average Bonchev–Trinajstić information content (AvgIpc) is 2.90. The van der Waals surface area contributed by atoms with Crippen LogP contribution in [0.2, 0.25) is 5.02 Å². The molecule has 1 saturated heterocycles. The van der Waals surface area contributed by atoms with Gasteiger partial charge in [0, 0.05) is 38.9 Å². The van der Waals surface area contributed by atoms with Gasteiger partial charge in [-0.05, 0) is 30.7 Å². The van der Waals surface area contributed by atoms with Crippen molar-refractivity contribution in [2.75, 3.05) is 62.5 Å². The molecule has 4 rings (SSSR count). The van der Waals surface area contributed by atoms with Gasteiger partial charge in [0.05, 0.1) is 37.4 Å². The maximum Gasteiger partial charge on any atom is 0.244 e. The Bertz CT molecular complexity index is 1330. The predicted molar refractivity (Wildman–Crippen MR) is 146 cm³/mol. The number of aromatic nitrogens is 2. The number of sulfonamides is 1. The van der Waals surface area contributed by atoms with Crippen LogP contribution in [0.25, 0.3) is 0 Å². The number of rotatable bonds is 10. The molecule has 0 amide bonds. The molecule has 0 atom stereocenters. The molecule has 10 nitrogen and oxygen atoms in total. The van der Waals surface area contributed by atoms with Gasteiger partial charge >= 0.3 is 0 Å². The van der Waals surface area contributed by atoms with Gasteiger partial charge in [0.25, 0.3) is 0 Å². The zero-order valence-electron chi connectivity index (χ0n) is 21.1. The summed E-state index contributed by atoms with van der Waals surface area (Å²) >= 11 is 6.37. The molecule has 198 valence electrons. The summed E-state index contributed by atoms with van der Waals surface area (Å²) in [7, 11) is -0.726. The first-order valence-electron chi connectivity index (χ1n) is 12.0. The minimum absolute atomic E-state index is 0.109. The number of halogens is 1. The Hall–Kier alpha value is -3.12. The van der Waals surface area contributed by atoms with Gasteiger partial charge in [-0.1, -0.05) is 30.7 Å². The van der Waals surface area contributed by atoms with Crippen LogP contribution < -0.4 is 20.3 Å². The highest BCUT2D eigenvalue weighted by atomic mass is 35.5. The summed E-state index contributed by atoms with van der Waals surface area (Å²) in [4.78, 5) is 11.2. The van der Waals surface area contributed by atoms with E-state index in [1.165, 1.54) is 26.4 Å². The number of nitrogens with zero attached hydrogens (tertiary/aromatic N) is 4. The molecule has 1 fully saturated rings. The van der Waals surface area contributed by atoms with E-state index in [0.717, 1.165) is 29.5 Å². The van der Waals surface area contributed by atoms with Crippen molar-refractivity contribution in [1.82, 2.24) is 14.3 Å². The molecule has 1 aliphatic heterocycles. The van der Waals surface area contributed by atoms with Crippen LogP contribution in [0.15, 0.2) is 53.6 Å². The zero-order valence-corrected chi connectivity index (χ0v) is 22.6. The van der Waals surface area contributed by atoms with Crippen LogP contribution in [-0.2, 0) is 14.8 Å². The van der Waals surface area contributed by atoms with E-state index in [2.05, 4.69) is 25.5 Å². The summed E-state index contributed by atoms with van der Waals surface area (Å²) in [6, 6.07) is 12.5. The first-order valence-corrected chi connectivity index (χ1v) is 13.8. The Morgan fingerprint density at radius 1 is 1.11 bits per heavy atom. The zero-order chi connectivity index (χ0) is 26.4. The van der Waals surface area contributed by atoms with Crippen LogP contribution >= 0.6 is 11.6 Å². The van der Waals surface area contributed by atoms with E-state index in [-0.39, 0.29) is 21.7 Å². The van der Waals surface area contributed by atoms with Crippen molar-refractivity contribution in [1.29, 1.82) is 0 Å². The summed E-state index contributed by atoms with van der Waals surface area (Å²) in [6.45, 7) is 5.64. The highest BCUT2D eigenvalue weighted by Gasteiger charge is 2.22. The predicted octanol–water partition coefficient (Wildman–Crippen LogP) is 4.49. The van der Waals surface area contributed by atoms with Crippen LogP contribution in [0.4, 0.5) is 28.8 Å². The van der Waals surface area contributed by atoms with Gasteiger partial charge in [-0.25, -0.2) is 17.7 Å². The van der Waals surface area contributed by atoms with Crippen molar-refractivity contribution < 1.29 is 17.9 Å². The minimum Gasteiger partial charge on any atom is -0.491 e.